The van der Waals surface area contributed by atoms with Gasteiger partial charge in [-0.2, -0.15) is 16.1 Å². The van der Waals surface area contributed by atoms with E-state index in [-0.39, 0.29) is 11.4 Å². The molecule has 0 aliphatic carbocycles. The standard InChI is InChI=1S/C22H28N2O5S2/c1-4-5-15-28-21(25)20-22(2,3)30-16-14-24(20)31(26,27)19-8-6-17(7-9-19)29-18-10-12-23-13-11-18/h6-13,20H,4-5,14-16H2,1-3H3. The fourth-order valence-corrected chi connectivity index (χ4v) is 6.45. The van der Waals surface area contributed by atoms with Crippen LogP contribution in [0, 0.1) is 0 Å². The number of thioether (sulfide) groups is 1. The number of rotatable bonds is 8. The number of carbonyl (C=O) groups is 1. The number of pyridine rings is 1. The van der Waals surface area contributed by atoms with Crippen molar-refractivity contribution < 1.29 is 22.7 Å². The Morgan fingerprint density at radius 1 is 1.16 bits per heavy atom. The molecule has 2 heterocycles. The van der Waals surface area contributed by atoms with Gasteiger partial charge in [-0.25, -0.2) is 8.42 Å². The van der Waals surface area contributed by atoms with Crippen molar-refractivity contribution in [3.63, 3.8) is 0 Å². The molecule has 31 heavy (non-hydrogen) atoms. The highest BCUT2D eigenvalue weighted by molar-refractivity contribution is 8.00. The summed E-state index contributed by atoms with van der Waals surface area (Å²) in [5, 5.41) is 0. The van der Waals surface area contributed by atoms with Crippen LogP contribution >= 0.6 is 11.8 Å². The predicted molar refractivity (Wildman–Crippen MR) is 121 cm³/mol. The summed E-state index contributed by atoms with van der Waals surface area (Å²) in [6, 6.07) is 8.75. The molecule has 168 valence electrons. The average Bonchev–Trinajstić information content (AvgIpc) is 2.74. The van der Waals surface area contributed by atoms with E-state index in [1.807, 2.05) is 20.8 Å². The molecule has 0 N–H and O–H groups in total. The van der Waals surface area contributed by atoms with Gasteiger partial charge in [0.25, 0.3) is 0 Å². The second-order valence-electron chi connectivity index (χ2n) is 7.75. The van der Waals surface area contributed by atoms with Gasteiger partial charge in [-0.15, -0.1) is 0 Å². The molecule has 1 aromatic heterocycles. The lowest BCUT2D eigenvalue weighted by molar-refractivity contribution is -0.149. The third kappa shape index (κ3) is 5.58. The zero-order valence-electron chi connectivity index (χ0n) is 18.0. The van der Waals surface area contributed by atoms with Crippen LogP contribution in [-0.2, 0) is 19.6 Å². The largest absolute Gasteiger partial charge is 0.464 e. The topological polar surface area (TPSA) is 85.8 Å². The van der Waals surface area contributed by atoms with Gasteiger partial charge in [0, 0.05) is 29.4 Å². The van der Waals surface area contributed by atoms with E-state index in [2.05, 4.69) is 4.98 Å². The number of ether oxygens (including phenoxy) is 2. The lowest BCUT2D eigenvalue weighted by Gasteiger charge is -2.43. The van der Waals surface area contributed by atoms with E-state index in [1.165, 1.54) is 16.4 Å². The SMILES string of the molecule is CCCCOC(=O)C1N(S(=O)(=O)c2ccc(Oc3ccncc3)cc2)CCSC1(C)C. The van der Waals surface area contributed by atoms with Gasteiger partial charge in [0.2, 0.25) is 10.0 Å². The Kier molecular flexibility index (Phi) is 7.61. The first-order valence-corrected chi connectivity index (χ1v) is 12.7. The van der Waals surface area contributed by atoms with Gasteiger partial charge in [0.05, 0.1) is 11.5 Å². The minimum absolute atomic E-state index is 0.114. The normalized spacial score (nSPS) is 19.0. The highest BCUT2D eigenvalue weighted by Crippen LogP contribution is 2.39. The number of benzene rings is 1. The van der Waals surface area contributed by atoms with Crippen LogP contribution in [0.15, 0.2) is 53.7 Å². The molecule has 1 atom stereocenters. The average molecular weight is 465 g/mol. The number of aromatic nitrogens is 1. The molecule has 0 saturated carbocycles. The van der Waals surface area contributed by atoms with Gasteiger partial charge in [0.1, 0.15) is 17.5 Å². The monoisotopic (exact) mass is 464 g/mol. The number of sulfonamides is 1. The quantitative estimate of drug-likeness (QED) is 0.429. The van der Waals surface area contributed by atoms with Crippen LogP contribution in [0.3, 0.4) is 0 Å². The lowest BCUT2D eigenvalue weighted by atomic mass is 10.0. The summed E-state index contributed by atoms with van der Waals surface area (Å²) in [4.78, 5) is 16.9. The van der Waals surface area contributed by atoms with E-state index in [0.29, 0.717) is 23.9 Å². The second kappa shape index (κ2) is 10.0. The Hall–Kier alpha value is -2.10. The second-order valence-corrected chi connectivity index (χ2v) is 11.4. The molecule has 0 radical (unpaired) electrons. The first kappa shape index (κ1) is 23.6. The van der Waals surface area contributed by atoms with Gasteiger partial charge in [-0.05, 0) is 56.7 Å². The number of carbonyl (C=O) groups excluding carboxylic acids is 1. The number of esters is 1. The molecule has 0 spiro atoms. The molecule has 1 saturated heterocycles. The van der Waals surface area contributed by atoms with E-state index in [1.54, 1.807) is 48.4 Å². The number of nitrogens with zero attached hydrogens (tertiary/aromatic N) is 2. The summed E-state index contributed by atoms with van der Waals surface area (Å²) in [7, 11) is -3.89. The van der Waals surface area contributed by atoms with Crippen molar-refractivity contribution in [3.05, 3.63) is 48.8 Å². The van der Waals surface area contributed by atoms with Crippen molar-refractivity contribution in [1.29, 1.82) is 0 Å². The molecule has 7 nitrogen and oxygen atoms in total. The fraction of sp³-hybridized carbons (Fsp3) is 0.455. The fourth-order valence-electron chi connectivity index (χ4n) is 3.37. The van der Waals surface area contributed by atoms with Crippen LogP contribution in [0.1, 0.15) is 33.6 Å². The Labute approximate surface area is 188 Å². The Balaban J connectivity index is 1.83. The van der Waals surface area contributed by atoms with Crippen LogP contribution in [-0.4, -0.2) is 53.4 Å². The smallest absolute Gasteiger partial charge is 0.325 e. The van der Waals surface area contributed by atoms with Crippen molar-refractivity contribution in [2.75, 3.05) is 18.9 Å². The minimum Gasteiger partial charge on any atom is -0.464 e. The van der Waals surface area contributed by atoms with Gasteiger partial charge in [-0.3, -0.25) is 9.78 Å². The highest BCUT2D eigenvalue weighted by atomic mass is 32.2. The van der Waals surface area contributed by atoms with Crippen molar-refractivity contribution in [1.82, 2.24) is 9.29 Å². The maximum absolute atomic E-state index is 13.4. The first-order chi connectivity index (χ1) is 14.8. The molecule has 3 rings (SSSR count). The maximum atomic E-state index is 13.4. The summed E-state index contributed by atoms with van der Waals surface area (Å²) < 4.78 is 38.7. The molecule has 0 bridgehead atoms. The van der Waals surface area contributed by atoms with Crippen molar-refractivity contribution in [3.8, 4) is 11.5 Å². The summed E-state index contributed by atoms with van der Waals surface area (Å²) in [6.45, 7) is 6.32. The molecule has 2 aromatic rings. The van der Waals surface area contributed by atoms with Gasteiger partial charge >= 0.3 is 5.97 Å². The molecule has 1 unspecified atom stereocenters. The van der Waals surface area contributed by atoms with E-state index >= 15 is 0 Å². The van der Waals surface area contributed by atoms with Crippen LogP contribution in [0.4, 0.5) is 0 Å². The highest BCUT2D eigenvalue weighted by Gasteiger charge is 2.49. The zero-order chi connectivity index (χ0) is 22.5. The summed E-state index contributed by atoms with van der Waals surface area (Å²) >= 11 is 1.58. The van der Waals surface area contributed by atoms with Crippen LogP contribution in [0.2, 0.25) is 0 Å². The zero-order valence-corrected chi connectivity index (χ0v) is 19.6. The minimum atomic E-state index is -3.89. The molecule has 9 heteroatoms. The molecule has 0 amide bonds. The first-order valence-electron chi connectivity index (χ1n) is 10.3. The van der Waals surface area contributed by atoms with E-state index in [0.717, 1.165) is 12.8 Å². The number of unbranched alkanes of at least 4 members (excludes halogenated alkanes) is 1. The van der Waals surface area contributed by atoms with Crippen molar-refractivity contribution in [2.24, 2.45) is 0 Å². The third-order valence-corrected chi connectivity index (χ3v) is 8.25. The molecule has 1 aliphatic heterocycles. The molecular weight excluding hydrogens is 436 g/mol. The Morgan fingerprint density at radius 3 is 2.45 bits per heavy atom. The van der Waals surface area contributed by atoms with E-state index in [4.69, 9.17) is 9.47 Å². The summed E-state index contributed by atoms with van der Waals surface area (Å²) in [5.41, 5.74) is 0. The molecule has 1 aromatic carbocycles. The van der Waals surface area contributed by atoms with Crippen LogP contribution in [0.5, 0.6) is 11.5 Å². The van der Waals surface area contributed by atoms with Crippen molar-refractivity contribution >= 4 is 27.8 Å². The third-order valence-electron chi connectivity index (χ3n) is 5.01. The van der Waals surface area contributed by atoms with Crippen LogP contribution in [0.25, 0.3) is 0 Å². The molecule has 1 aliphatic rings. The molecular formula is C22H28N2O5S2. The predicted octanol–water partition coefficient (Wildman–Crippen LogP) is 4.10. The van der Waals surface area contributed by atoms with Gasteiger partial charge in [0.15, 0.2) is 0 Å². The summed E-state index contributed by atoms with van der Waals surface area (Å²) in [6.07, 6.45) is 4.87. The summed E-state index contributed by atoms with van der Waals surface area (Å²) in [5.74, 6) is 1.23. The Bertz CT molecular complexity index is 979. The number of hydrogen-bond donors (Lipinski definition) is 0. The lowest BCUT2D eigenvalue weighted by Crippen LogP contribution is -2.59. The number of hydrogen-bond acceptors (Lipinski definition) is 7. The van der Waals surface area contributed by atoms with Crippen LogP contribution < -0.4 is 4.74 Å². The maximum Gasteiger partial charge on any atom is 0.325 e. The Morgan fingerprint density at radius 2 is 1.81 bits per heavy atom. The van der Waals surface area contributed by atoms with Crippen molar-refractivity contribution in [2.45, 2.75) is 49.3 Å². The molecule has 1 fully saturated rings. The van der Waals surface area contributed by atoms with Gasteiger partial charge < -0.3 is 9.47 Å². The van der Waals surface area contributed by atoms with E-state index < -0.39 is 26.8 Å². The van der Waals surface area contributed by atoms with Gasteiger partial charge in [-0.1, -0.05) is 13.3 Å². The van der Waals surface area contributed by atoms with E-state index in [9.17, 15) is 13.2 Å².